The molecule has 1 aliphatic heterocycles. The fourth-order valence-electron chi connectivity index (χ4n) is 4.34. The number of hydrogen-bond donors (Lipinski definition) is 1. The quantitative estimate of drug-likeness (QED) is 0.636. The van der Waals surface area contributed by atoms with Crippen molar-refractivity contribution in [1.82, 2.24) is 14.8 Å². The van der Waals surface area contributed by atoms with Crippen molar-refractivity contribution in [3.63, 3.8) is 0 Å². The molecule has 1 aromatic heterocycles. The minimum absolute atomic E-state index is 0.161. The molecule has 0 bridgehead atoms. The van der Waals surface area contributed by atoms with Crippen LogP contribution in [0.25, 0.3) is 0 Å². The maximum Gasteiger partial charge on any atom is 0.257 e. The van der Waals surface area contributed by atoms with E-state index in [1.165, 1.54) is 4.88 Å². The van der Waals surface area contributed by atoms with Gasteiger partial charge in [-0.15, -0.1) is 11.3 Å². The zero-order chi connectivity index (χ0) is 21.6. The summed E-state index contributed by atoms with van der Waals surface area (Å²) >= 11 is 1.60. The van der Waals surface area contributed by atoms with E-state index >= 15 is 0 Å². The number of benzene rings is 1. The molecule has 8 heteroatoms. The number of ether oxygens (including phenoxy) is 1. The minimum Gasteiger partial charge on any atom is -0.379 e. The van der Waals surface area contributed by atoms with Gasteiger partial charge < -0.3 is 9.64 Å². The van der Waals surface area contributed by atoms with Gasteiger partial charge in [-0.1, -0.05) is 19.1 Å². The monoisotopic (exact) mass is 442 g/mol. The number of amides is 2. The van der Waals surface area contributed by atoms with Crippen molar-refractivity contribution >= 4 is 28.8 Å². The van der Waals surface area contributed by atoms with E-state index in [1.807, 2.05) is 25.1 Å². The maximum absolute atomic E-state index is 12.8. The van der Waals surface area contributed by atoms with Gasteiger partial charge in [0.05, 0.1) is 18.9 Å². The lowest BCUT2D eigenvalue weighted by atomic mass is 9.96. The summed E-state index contributed by atoms with van der Waals surface area (Å²) in [7, 11) is 0. The lowest BCUT2D eigenvalue weighted by Crippen LogP contribution is -2.45. The van der Waals surface area contributed by atoms with Crippen molar-refractivity contribution < 1.29 is 14.3 Å². The Kier molecular flexibility index (Phi) is 7.32. The van der Waals surface area contributed by atoms with Crippen LogP contribution >= 0.6 is 11.3 Å². The molecule has 31 heavy (non-hydrogen) atoms. The van der Waals surface area contributed by atoms with Gasteiger partial charge in [-0.05, 0) is 43.4 Å². The lowest BCUT2D eigenvalue weighted by molar-refractivity contribution is -0.118. The minimum atomic E-state index is -0.161. The van der Waals surface area contributed by atoms with Crippen LogP contribution in [0.5, 0.6) is 0 Å². The molecule has 2 aromatic rings. The zero-order valence-electron chi connectivity index (χ0n) is 18.0. The normalized spacial score (nSPS) is 18.9. The molecular formula is C23H30N4O3S. The average molecular weight is 443 g/mol. The van der Waals surface area contributed by atoms with Crippen LogP contribution in [-0.4, -0.2) is 66.0 Å². The summed E-state index contributed by atoms with van der Waals surface area (Å²) < 4.78 is 5.48. The number of nitrogens with zero attached hydrogens (tertiary/aromatic N) is 3. The number of carbonyl (C=O) groups is 2. The molecule has 1 fully saturated rings. The first-order chi connectivity index (χ1) is 15.2. The summed E-state index contributed by atoms with van der Waals surface area (Å²) in [6.45, 7) is 6.88. The summed E-state index contributed by atoms with van der Waals surface area (Å²) in [5.41, 5.74) is 2.65. The Balaban J connectivity index is 1.39. The maximum atomic E-state index is 12.8. The van der Waals surface area contributed by atoms with E-state index in [2.05, 4.69) is 10.2 Å². The van der Waals surface area contributed by atoms with Gasteiger partial charge in [-0.2, -0.15) is 0 Å². The van der Waals surface area contributed by atoms with Gasteiger partial charge in [-0.25, -0.2) is 4.98 Å². The Labute approximate surface area is 187 Å². The Bertz CT molecular complexity index is 910. The summed E-state index contributed by atoms with van der Waals surface area (Å²) in [4.78, 5) is 34.3. The Morgan fingerprint density at radius 1 is 1.39 bits per heavy atom. The van der Waals surface area contributed by atoms with Crippen LogP contribution < -0.4 is 5.32 Å². The summed E-state index contributed by atoms with van der Waals surface area (Å²) in [5, 5.41) is 3.65. The smallest absolute Gasteiger partial charge is 0.257 e. The summed E-state index contributed by atoms with van der Waals surface area (Å²) in [6, 6.07) is 7.99. The van der Waals surface area contributed by atoms with E-state index in [4.69, 9.17) is 9.72 Å². The van der Waals surface area contributed by atoms with E-state index < -0.39 is 0 Å². The van der Waals surface area contributed by atoms with E-state index in [0.29, 0.717) is 29.8 Å². The molecule has 1 atom stereocenters. The molecule has 2 amide bonds. The largest absolute Gasteiger partial charge is 0.379 e. The number of morpholine rings is 1. The zero-order valence-corrected chi connectivity index (χ0v) is 18.8. The van der Waals surface area contributed by atoms with Gasteiger partial charge in [-0.3, -0.25) is 19.8 Å². The van der Waals surface area contributed by atoms with Crippen molar-refractivity contribution in [2.45, 2.75) is 45.2 Å². The number of fused-ring (bicyclic) bond motifs is 1. The third-order valence-electron chi connectivity index (χ3n) is 5.93. The van der Waals surface area contributed by atoms with E-state index in [9.17, 15) is 9.59 Å². The highest BCUT2D eigenvalue weighted by Gasteiger charge is 2.28. The third-order valence-corrected chi connectivity index (χ3v) is 6.97. The highest BCUT2D eigenvalue weighted by Crippen LogP contribution is 2.32. The number of nitrogens with one attached hydrogen (secondary N) is 1. The van der Waals surface area contributed by atoms with Crippen LogP contribution in [0.2, 0.25) is 0 Å². The molecule has 1 N–H and O–H groups in total. The SMILES string of the molecule is CCCN(C=O)Cc1cccc(C(=O)Nc2nc3c(s2)CC(N2CCOCC2)CC3)c1. The van der Waals surface area contributed by atoms with E-state index in [1.54, 1.807) is 22.3 Å². The number of aromatic nitrogens is 1. The molecule has 7 nitrogen and oxygen atoms in total. The van der Waals surface area contributed by atoms with Crippen molar-refractivity contribution in [2.24, 2.45) is 0 Å². The second kappa shape index (κ2) is 10.3. The summed E-state index contributed by atoms with van der Waals surface area (Å²) in [6.07, 6.45) is 4.83. The third kappa shape index (κ3) is 5.50. The van der Waals surface area contributed by atoms with Gasteiger partial charge in [0.1, 0.15) is 0 Å². The lowest BCUT2D eigenvalue weighted by Gasteiger charge is -2.36. The van der Waals surface area contributed by atoms with E-state index in [-0.39, 0.29) is 5.91 Å². The van der Waals surface area contributed by atoms with Gasteiger partial charge in [0, 0.05) is 42.7 Å². The molecular weight excluding hydrogens is 412 g/mol. The molecule has 4 rings (SSSR count). The Morgan fingerprint density at radius 2 is 2.23 bits per heavy atom. The van der Waals surface area contributed by atoms with E-state index in [0.717, 1.165) is 69.7 Å². The highest BCUT2D eigenvalue weighted by molar-refractivity contribution is 7.15. The average Bonchev–Trinajstić information content (AvgIpc) is 3.21. The Morgan fingerprint density at radius 3 is 3.00 bits per heavy atom. The van der Waals surface area contributed by atoms with Crippen LogP contribution in [0.3, 0.4) is 0 Å². The van der Waals surface area contributed by atoms with Crippen molar-refractivity contribution in [3.8, 4) is 0 Å². The number of thiazole rings is 1. The number of hydrogen-bond acceptors (Lipinski definition) is 6. The second-order valence-electron chi connectivity index (χ2n) is 8.16. The molecule has 2 heterocycles. The molecule has 0 radical (unpaired) electrons. The number of anilines is 1. The number of aryl methyl sites for hydroxylation is 1. The van der Waals surface area contributed by atoms with Gasteiger partial charge in [0.15, 0.2) is 5.13 Å². The van der Waals surface area contributed by atoms with Crippen LogP contribution in [0.1, 0.15) is 46.3 Å². The van der Waals surface area contributed by atoms with Gasteiger partial charge >= 0.3 is 0 Å². The highest BCUT2D eigenvalue weighted by atomic mass is 32.1. The molecule has 1 aromatic carbocycles. The molecule has 1 saturated heterocycles. The molecule has 0 spiro atoms. The number of rotatable bonds is 8. The molecule has 1 unspecified atom stereocenters. The van der Waals surface area contributed by atoms with Gasteiger partial charge in [0.2, 0.25) is 6.41 Å². The van der Waals surface area contributed by atoms with Crippen molar-refractivity contribution in [3.05, 3.63) is 46.0 Å². The first-order valence-electron chi connectivity index (χ1n) is 11.1. The fraction of sp³-hybridized carbons (Fsp3) is 0.522. The topological polar surface area (TPSA) is 74.8 Å². The standard InChI is InChI=1S/C23H30N4O3S/c1-2-8-26(16-28)15-17-4-3-5-18(13-17)22(29)25-23-24-20-7-6-19(14-21(20)31-23)27-9-11-30-12-10-27/h3-5,13,16,19H,2,6-12,14-15H2,1H3,(H,24,25,29). The first-order valence-corrected chi connectivity index (χ1v) is 11.9. The van der Waals surface area contributed by atoms with Gasteiger partial charge in [0.25, 0.3) is 5.91 Å². The molecule has 1 aliphatic carbocycles. The first kappa shape index (κ1) is 21.9. The van der Waals surface area contributed by atoms with Crippen molar-refractivity contribution in [2.75, 3.05) is 38.2 Å². The molecule has 2 aliphatic rings. The fourth-order valence-corrected chi connectivity index (χ4v) is 5.41. The van der Waals surface area contributed by atoms with Crippen molar-refractivity contribution in [1.29, 1.82) is 0 Å². The number of carbonyl (C=O) groups excluding carboxylic acids is 2. The summed E-state index contributed by atoms with van der Waals surface area (Å²) in [5.74, 6) is -0.161. The molecule has 166 valence electrons. The van der Waals surface area contributed by atoms with Crippen LogP contribution in [0, 0.1) is 0 Å². The predicted octanol–water partition coefficient (Wildman–Crippen LogP) is 2.95. The van der Waals surface area contributed by atoms with Crippen LogP contribution in [-0.2, 0) is 28.9 Å². The predicted molar refractivity (Wildman–Crippen MR) is 121 cm³/mol. The Hall–Kier alpha value is -2.29. The van der Waals surface area contributed by atoms with Crippen LogP contribution in [0.15, 0.2) is 24.3 Å². The second-order valence-corrected chi connectivity index (χ2v) is 9.25. The van der Waals surface area contributed by atoms with Crippen LogP contribution in [0.4, 0.5) is 5.13 Å². The molecule has 0 saturated carbocycles.